The van der Waals surface area contributed by atoms with Crippen molar-refractivity contribution >= 4 is 48.9 Å². The van der Waals surface area contributed by atoms with Crippen molar-refractivity contribution in [3.05, 3.63) is 64.2 Å². The molecule has 10 nitrogen and oxygen atoms in total. The molecule has 0 aliphatic carbocycles. The van der Waals surface area contributed by atoms with Crippen LogP contribution in [-0.4, -0.2) is 48.7 Å². The number of anilines is 2. The van der Waals surface area contributed by atoms with Crippen LogP contribution in [0.3, 0.4) is 0 Å². The van der Waals surface area contributed by atoms with Gasteiger partial charge in [-0.15, -0.1) is 10.2 Å². The van der Waals surface area contributed by atoms with Crippen molar-refractivity contribution in [3.63, 3.8) is 0 Å². The smallest absolute Gasteiger partial charge is 0.338 e. The second kappa shape index (κ2) is 10.5. The van der Waals surface area contributed by atoms with Crippen molar-refractivity contribution in [2.75, 3.05) is 23.5 Å². The molecule has 0 unspecified atom stereocenters. The number of rotatable bonds is 8. The molecule has 188 valence electrons. The number of nitrogens with one attached hydrogen (secondary N) is 1. The topological polar surface area (TPSA) is 131 Å². The largest absolute Gasteiger partial charge is 0.462 e. The van der Waals surface area contributed by atoms with Crippen LogP contribution in [0.25, 0.3) is 0 Å². The number of carbonyl (C=O) groups is 2. The molecule has 12 heteroatoms. The maximum absolute atomic E-state index is 13.5. The second-order valence-electron chi connectivity index (χ2n) is 8.01. The van der Waals surface area contributed by atoms with Crippen molar-refractivity contribution in [2.45, 2.75) is 38.5 Å². The van der Waals surface area contributed by atoms with Gasteiger partial charge in [0, 0.05) is 13.0 Å². The summed E-state index contributed by atoms with van der Waals surface area (Å²) in [7, 11) is -4.34. The molecule has 0 spiro atoms. The lowest BCUT2D eigenvalue weighted by Gasteiger charge is -2.30. The lowest BCUT2D eigenvalue weighted by atomic mass is 10.1. The highest BCUT2D eigenvalue weighted by atomic mass is 32.2. The predicted molar refractivity (Wildman–Crippen MR) is 137 cm³/mol. The first kappa shape index (κ1) is 25.5. The number of esters is 1. The van der Waals surface area contributed by atoms with E-state index >= 15 is 0 Å². The lowest BCUT2D eigenvalue weighted by molar-refractivity contribution is -0.112. The third-order valence-corrected chi connectivity index (χ3v) is 7.94. The first-order chi connectivity index (χ1) is 17.3. The number of hydrogen-bond donors (Lipinski definition) is 1. The molecule has 1 aliphatic rings. The number of ether oxygens (including phenoxy) is 1. The zero-order valence-corrected chi connectivity index (χ0v) is 21.6. The van der Waals surface area contributed by atoms with E-state index in [-0.39, 0.29) is 34.4 Å². The van der Waals surface area contributed by atoms with Crippen LogP contribution in [0.5, 0.6) is 0 Å². The van der Waals surface area contributed by atoms with Gasteiger partial charge < -0.3 is 9.64 Å². The van der Waals surface area contributed by atoms with E-state index in [1.807, 2.05) is 37.3 Å². The Bertz CT molecular complexity index is 1430. The van der Waals surface area contributed by atoms with Crippen LogP contribution in [0, 0.1) is 6.92 Å². The van der Waals surface area contributed by atoms with Gasteiger partial charge in [0.25, 0.3) is 5.91 Å². The van der Waals surface area contributed by atoms with E-state index in [0.29, 0.717) is 23.4 Å². The Morgan fingerprint density at radius 3 is 2.61 bits per heavy atom. The molecule has 3 aromatic rings. The standard InChI is InChI=1S/C24H25N5O5S2/c1-4-11-29-18-12-15(3)17(23(31)34-5-2)14-19(18)36(32,33)21(22(29)30)26-28-24-27-25-20(35-24)13-16-9-7-6-8-10-16/h6-10,12,14H,4-5,11,13H2,1-3H3,(H,27,28). The van der Waals surface area contributed by atoms with Crippen LogP contribution >= 0.6 is 11.3 Å². The van der Waals surface area contributed by atoms with Crippen LogP contribution in [0.1, 0.15) is 46.8 Å². The fourth-order valence-corrected chi connectivity index (χ4v) is 5.91. The monoisotopic (exact) mass is 527 g/mol. The molecule has 0 bridgehead atoms. The molecule has 0 saturated heterocycles. The summed E-state index contributed by atoms with van der Waals surface area (Å²) >= 11 is 1.21. The number of benzene rings is 2. The van der Waals surface area contributed by atoms with Crippen LogP contribution in [-0.2, 0) is 25.8 Å². The first-order valence-electron chi connectivity index (χ1n) is 11.3. The van der Waals surface area contributed by atoms with Gasteiger partial charge in [-0.25, -0.2) is 18.6 Å². The van der Waals surface area contributed by atoms with E-state index in [2.05, 4.69) is 20.7 Å². The number of nitrogens with zero attached hydrogens (tertiary/aromatic N) is 4. The molecule has 0 saturated carbocycles. The van der Waals surface area contributed by atoms with Crippen molar-refractivity contribution in [2.24, 2.45) is 5.10 Å². The van der Waals surface area contributed by atoms with Crippen LogP contribution in [0.2, 0.25) is 0 Å². The molecule has 2 heterocycles. The fourth-order valence-electron chi connectivity index (χ4n) is 3.76. The minimum atomic E-state index is -4.34. The highest BCUT2D eigenvalue weighted by Crippen LogP contribution is 2.35. The molecular weight excluding hydrogens is 502 g/mol. The summed E-state index contributed by atoms with van der Waals surface area (Å²) in [6.07, 6.45) is 1.14. The van der Waals surface area contributed by atoms with Crippen molar-refractivity contribution in [1.29, 1.82) is 0 Å². The Morgan fingerprint density at radius 2 is 1.92 bits per heavy atom. The van der Waals surface area contributed by atoms with Crippen LogP contribution < -0.4 is 10.3 Å². The van der Waals surface area contributed by atoms with Gasteiger partial charge in [0.1, 0.15) is 5.01 Å². The van der Waals surface area contributed by atoms with Gasteiger partial charge in [0.05, 0.1) is 22.8 Å². The number of aryl methyl sites for hydroxylation is 1. The number of fused-ring (bicyclic) bond motifs is 1. The number of amides is 1. The number of hydrazone groups is 1. The van der Waals surface area contributed by atoms with Gasteiger partial charge in [-0.3, -0.25) is 4.79 Å². The summed E-state index contributed by atoms with van der Waals surface area (Å²) in [6, 6.07) is 12.5. The molecule has 36 heavy (non-hydrogen) atoms. The minimum absolute atomic E-state index is 0.118. The summed E-state index contributed by atoms with van der Waals surface area (Å²) in [4.78, 5) is 26.8. The normalized spacial score (nSPS) is 15.6. The Morgan fingerprint density at radius 1 is 1.17 bits per heavy atom. The third-order valence-electron chi connectivity index (χ3n) is 5.43. The Hall–Kier alpha value is -3.64. The van der Waals surface area contributed by atoms with Gasteiger partial charge in [-0.2, -0.15) is 5.10 Å². The second-order valence-corrected chi connectivity index (χ2v) is 10.9. The first-order valence-corrected chi connectivity index (χ1v) is 13.6. The molecule has 2 aromatic carbocycles. The fraction of sp³-hybridized carbons (Fsp3) is 0.292. The Kier molecular flexibility index (Phi) is 7.45. The molecule has 4 rings (SSSR count). The van der Waals surface area contributed by atoms with E-state index in [4.69, 9.17) is 4.74 Å². The van der Waals surface area contributed by atoms with Gasteiger partial charge in [-0.05, 0) is 43.5 Å². The van der Waals surface area contributed by atoms with Crippen LogP contribution in [0.15, 0.2) is 52.5 Å². The molecule has 1 aromatic heterocycles. The molecular formula is C24H25N5O5S2. The summed E-state index contributed by atoms with van der Waals surface area (Å²) in [5.41, 5.74) is 4.48. The number of aromatic nitrogens is 2. The van der Waals surface area contributed by atoms with Crippen molar-refractivity contribution in [1.82, 2.24) is 10.2 Å². The number of hydrogen-bond acceptors (Lipinski definition) is 10. The highest BCUT2D eigenvalue weighted by molar-refractivity contribution is 8.08. The zero-order chi connectivity index (χ0) is 25.9. The van der Waals surface area contributed by atoms with Crippen molar-refractivity contribution in [3.8, 4) is 0 Å². The summed E-state index contributed by atoms with van der Waals surface area (Å²) < 4.78 is 32.0. The lowest BCUT2D eigenvalue weighted by Crippen LogP contribution is -2.46. The summed E-state index contributed by atoms with van der Waals surface area (Å²) in [6.45, 7) is 5.63. The maximum atomic E-state index is 13.5. The SMILES string of the molecule is CCCN1C(=O)C(=NNc2nnc(Cc3ccccc3)s2)S(=O)(=O)c2cc(C(=O)OCC)c(C)cc21. The molecule has 1 amide bonds. The van der Waals surface area contributed by atoms with E-state index in [0.717, 1.165) is 5.56 Å². The van der Waals surface area contributed by atoms with Crippen molar-refractivity contribution < 1.29 is 22.7 Å². The average molecular weight is 528 g/mol. The average Bonchev–Trinajstić information content (AvgIpc) is 3.29. The number of sulfone groups is 1. The van der Waals surface area contributed by atoms with Gasteiger partial charge >= 0.3 is 5.97 Å². The van der Waals surface area contributed by atoms with E-state index in [1.54, 1.807) is 13.8 Å². The molecule has 1 aliphatic heterocycles. The maximum Gasteiger partial charge on any atom is 0.338 e. The quantitative estimate of drug-likeness (QED) is 0.347. The Balaban J connectivity index is 1.69. The summed E-state index contributed by atoms with van der Waals surface area (Å²) in [5.74, 6) is -1.39. The van der Waals surface area contributed by atoms with E-state index < -0.39 is 26.8 Å². The zero-order valence-electron chi connectivity index (χ0n) is 20.0. The van der Waals surface area contributed by atoms with Crippen LogP contribution in [0.4, 0.5) is 10.8 Å². The van der Waals surface area contributed by atoms with Gasteiger partial charge in [0.2, 0.25) is 20.0 Å². The van der Waals surface area contributed by atoms with E-state index in [1.165, 1.54) is 28.4 Å². The molecule has 0 atom stereocenters. The minimum Gasteiger partial charge on any atom is -0.462 e. The third kappa shape index (κ3) is 5.00. The van der Waals surface area contributed by atoms with Gasteiger partial charge in [-0.1, -0.05) is 48.6 Å². The molecule has 0 radical (unpaired) electrons. The predicted octanol–water partition coefficient (Wildman–Crippen LogP) is 3.57. The molecule has 1 N–H and O–H groups in total. The number of carbonyl (C=O) groups excluding carboxylic acids is 2. The summed E-state index contributed by atoms with van der Waals surface area (Å²) in [5, 5.41) is 12.3. The Labute approximate surface area is 212 Å². The highest BCUT2D eigenvalue weighted by Gasteiger charge is 2.42. The van der Waals surface area contributed by atoms with Gasteiger partial charge in [0.15, 0.2) is 0 Å². The molecule has 0 fully saturated rings. The van der Waals surface area contributed by atoms with E-state index in [9.17, 15) is 18.0 Å².